The largest absolute Gasteiger partial charge is 0.393 e. The number of hydrogen-bond acceptors (Lipinski definition) is 10. The molecule has 2 aliphatic heterocycles. The molecule has 10 nitrogen and oxygen atoms in total. The van der Waals surface area contributed by atoms with Gasteiger partial charge in [-0.2, -0.15) is 0 Å². The van der Waals surface area contributed by atoms with E-state index in [1.165, 1.54) is 0 Å². The second-order valence-corrected chi connectivity index (χ2v) is 6.81. The fourth-order valence-corrected chi connectivity index (χ4v) is 2.67. The van der Waals surface area contributed by atoms with Crippen molar-refractivity contribution in [2.24, 2.45) is 0 Å². The molecule has 0 aromatic carbocycles. The molecule has 8 atom stereocenters. The summed E-state index contributed by atoms with van der Waals surface area (Å²) in [6.45, 7) is 4.41. The molecule has 0 bridgehead atoms. The van der Waals surface area contributed by atoms with Crippen LogP contribution in [0, 0.1) is 0 Å². The van der Waals surface area contributed by atoms with E-state index in [2.05, 4.69) is 6.58 Å². The zero-order valence-electron chi connectivity index (χ0n) is 14.6. The van der Waals surface area contributed by atoms with Crippen molar-refractivity contribution in [2.45, 2.75) is 62.0 Å². The molecule has 2 saturated heterocycles. The third-order valence-electron chi connectivity index (χ3n) is 4.48. The number of aliphatic hydroxyl groups is 6. The minimum atomic E-state index is -1.83. The van der Waals surface area contributed by atoms with Crippen LogP contribution in [0.4, 0.5) is 0 Å². The van der Waals surface area contributed by atoms with Crippen LogP contribution in [-0.2, 0) is 18.9 Å². The first kappa shape index (κ1) is 21.6. The summed E-state index contributed by atoms with van der Waals surface area (Å²) < 4.78 is 21.2. The molecular formula is C16H28O10. The molecule has 2 rings (SSSR count). The molecule has 0 aliphatic carbocycles. The van der Waals surface area contributed by atoms with Crippen LogP contribution in [0.2, 0.25) is 0 Å². The van der Waals surface area contributed by atoms with E-state index in [1.807, 2.05) is 6.92 Å². The maximum atomic E-state index is 10.1. The van der Waals surface area contributed by atoms with Gasteiger partial charge in [0, 0.05) is 0 Å². The van der Waals surface area contributed by atoms with E-state index in [-0.39, 0.29) is 19.8 Å². The molecule has 0 radical (unpaired) electrons. The van der Waals surface area contributed by atoms with Crippen LogP contribution in [0.3, 0.4) is 0 Å². The first-order valence-electron chi connectivity index (χ1n) is 8.39. The molecule has 0 aromatic heterocycles. The summed E-state index contributed by atoms with van der Waals surface area (Å²) in [6.07, 6.45) is -8.86. The highest BCUT2D eigenvalue weighted by Crippen LogP contribution is 2.27. The molecule has 2 heterocycles. The first-order valence-corrected chi connectivity index (χ1v) is 8.39. The lowest BCUT2D eigenvalue weighted by Crippen LogP contribution is -2.59. The van der Waals surface area contributed by atoms with Crippen molar-refractivity contribution in [1.82, 2.24) is 0 Å². The summed E-state index contributed by atoms with van der Waals surface area (Å²) >= 11 is 0. The summed E-state index contributed by atoms with van der Waals surface area (Å²) in [5, 5.41) is 58.9. The molecule has 2 aliphatic rings. The van der Waals surface area contributed by atoms with Crippen molar-refractivity contribution < 1.29 is 49.6 Å². The number of aliphatic hydroxyl groups excluding tert-OH is 5. The van der Waals surface area contributed by atoms with Crippen LogP contribution in [0.25, 0.3) is 0 Å². The predicted octanol–water partition coefficient (Wildman–Crippen LogP) is -2.77. The molecular weight excluding hydrogens is 352 g/mol. The number of hydrogen-bond donors (Lipinski definition) is 6. The van der Waals surface area contributed by atoms with E-state index >= 15 is 0 Å². The predicted molar refractivity (Wildman–Crippen MR) is 85.8 cm³/mol. The monoisotopic (exact) mass is 380 g/mol. The van der Waals surface area contributed by atoms with Crippen molar-refractivity contribution in [3.05, 3.63) is 12.2 Å². The topological polar surface area (TPSA) is 158 Å². The lowest BCUT2D eigenvalue weighted by Gasteiger charge is -2.40. The fraction of sp³-hybridized carbons (Fsp3) is 0.875. The Morgan fingerprint density at radius 3 is 2.38 bits per heavy atom. The summed E-state index contributed by atoms with van der Waals surface area (Å²) in [5.41, 5.74) is -0.958. The van der Waals surface area contributed by atoms with Gasteiger partial charge in [0.15, 0.2) is 12.6 Å². The summed E-state index contributed by atoms with van der Waals surface area (Å²) in [7, 11) is 0. The van der Waals surface area contributed by atoms with Crippen LogP contribution in [0.1, 0.15) is 13.3 Å². The van der Waals surface area contributed by atoms with Crippen LogP contribution >= 0.6 is 0 Å². The molecule has 10 heteroatoms. The van der Waals surface area contributed by atoms with Crippen LogP contribution in [0.5, 0.6) is 0 Å². The average Bonchev–Trinajstić information content (AvgIpc) is 2.89. The van der Waals surface area contributed by atoms with E-state index < -0.39 is 55.3 Å². The third kappa shape index (κ3) is 4.78. The summed E-state index contributed by atoms with van der Waals surface area (Å²) in [5.74, 6) is 0. The van der Waals surface area contributed by atoms with Gasteiger partial charge in [0.05, 0.1) is 26.4 Å². The number of ether oxygens (including phenoxy) is 4. The summed E-state index contributed by atoms with van der Waals surface area (Å²) in [6, 6.07) is 0. The lowest BCUT2D eigenvalue weighted by molar-refractivity contribution is -0.309. The maximum absolute atomic E-state index is 10.1. The highest BCUT2D eigenvalue weighted by molar-refractivity contribution is 4.94. The molecule has 0 spiro atoms. The molecule has 0 saturated carbocycles. The first-order chi connectivity index (χ1) is 12.2. The van der Waals surface area contributed by atoms with Gasteiger partial charge >= 0.3 is 0 Å². The number of rotatable bonds is 8. The lowest BCUT2D eigenvalue weighted by atomic mass is 9.99. The van der Waals surface area contributed by atoms with E-state index in [9.17, 15) is 25.5 Å². The molecule has 0 amide bonds. The van der Waals surface area contributed by atoms with Gasteiger partial charge in [-0.3, -0.25) is 0 Å². The zero-order chi connectivity index (χ0) is 19.5. The Hall–Kier alpha value is -0.660. The molecule has 6 N–H and O–H groups in total. The van der Waals surface area contributed by atoms with Gasteiger partial charge in [-0.25, -0.2) is 0 Å². The van der Waals surface area contributed by atoms with Gasteiger partial charge in [0.25, 0.3) is 0 Å². The van der Waals surface area contributed by atoms with Gasteiger partial charge in [-0.15, -0.1) is 6.58 Å². The normalized spacial score (nSPS) is 43.6. The molecule has 2 fully saturated rings. The SMILES string of the molecule is C=C(C)CCOC1OC(COC2OCC(O)(CO)C2O)C(O)C(O)C1O. The van der Waals surface area contributed by atoms with E-state index in [1.54, 1.807) is 0 Å². The van der Waals surface area contributed by atoms with Gasteiger partial charge in [-0.1, -0.05) is 5.57 Å². The zero-order valence-corrected chi connectivity index (χ0v) is 14.6. The smallest absolute Gasteiger partial charge is 0.186 e. The Labute approximate surface area is 151 Å². The van der Waals surface area contributed by atoms with E-state index in [4.69, 9.17) is 24.1 Å². The Balaban J connectivity index is 1.90. The Bertz CT molecular complexity index is 474. The Morgan fingerprint density at radius 1 is 1.12 bits per heavy atom. The van der Waals surface area contributed by atoms with Crippen LogP contribution in [-0.4, -0.2) is 106 Å². The van der Waals surface area contributed by atoms with Gasteiger partial charge < -0.3 is 49.6 Å². The van der Waals surface area contributed by atoms with E-state index in [0.29, 0.717) is 6.42 Å². The summed E-state index contributed by atoms with van der Waals surface area (Å²) in [4.78, 5) is 0. The van der Waals surface area contributed by atoms with Crippen molar-refractivity contribution in [2.75, 3.05) is 26.4 Å². The van der Waals surface area contributed by atoms with Gasteiger partial charge in [0.1, 0.15) is 36.1 Å². The average molecular weight is 380 g/mol. The molecule has 0 aromatic rings. The highest BCUT2D eigenvalue weighted by Gasteiger charge is 2.50. The standard InChI is InChI=1S/C16H28O10/c1-8(2)3-4-23-14-12(20)11(19)10(18)9(26-14)5-24-15-13(21)16(22,6-17)7-25-15/h9-15,17-22H,1,3-7H2,2H3. The maximum Gasteiger partial charge on any atom is 0.186 e. The van der Waals surface area contributed by atoms with Gasteiger partial charge in [0.2, 0.25) is 0 Å². The van der Waals surface area contributed by atoms with Crippen LogP contribution < -0.4 is 0 Å². The third-order valence-corrected chi connectivity index (χ3v) is 4.48. The quantitative estimate of drug-likeness (QED) is 0.244. The van der Waals surface area contributed by atoms with Gasteiger partial charge in [-0.05, 0) is 13.3 Å². The molecule has 152 valence electrons. The van der Waals surface area contributed by atoms with Crippen molar-refractivity contribution >= 4 is 0 Å². The minimum Gasteiger partial charge on any atom is -0.393 e. The van der Waals surface area contributed by atoms with Crippen molar-refractivity contribution in [3.63, 3.8) is 0 Å². The Morgan fingerprint density at radius 2 is 1.81 bits per heavy atom. The van der Waals surface area contributed by atoms with Crippen LogP contribution in [0.15, 0.2) is 12.2 Å². The fourth-order valence-electron chi connectivity index (χ4n) is 2.67. The van der Waals surface area contributed by atoms with Crippen molar-refractivity contribution in [3.8, 4) is 0 Å². The molecule has 8 unspecified atom stereocenters. The molecule has 26 heavy (non-hydrogen) atoms. The second kappa shape index (κ2) is 9.02. The minimum absolute atomic E-state index is 0.210. The second-order valence-electron chi connectivity index (χ2n) is 6.81. The Kier molecular flexibility index (Phi) is 7.51. The van der Waals surface area contributed by atoms with E-state index in [0.717, 1.165) is 5.57 Å². The van der Waals surface area contributed by atoms with Crippen molar-refractivity contribution in [1.29, 1.82) is 0 Å². The highest BCUT2D eigenvalue weighted by atomic mass is 16.7.